The fraction of sp³-hybridized carbons (Fsp3) is 0.818. The normalized spacial score (nSPS) is 11.1. The third-order valence-electron chi connectivity index (χ3n) is 1.53. The number of hydrogen-bond acceptors (Lipinski definition) is 2. The highest BCUT2D eigenvalue weighted by Gasteiger charge is 2.11. The summed E-state index contributed by atoms with van der Waals surface area (Å²) >= 11 is 0. The smallest absolute Gasteiger partial charge is 0.179 e. The molecule has 0 bridgehead atoms. The van der Waals surface area contributed by atoms with Crippen molar-refractivity contribution < 1.29 is 4.74 Å². The van der Waals surface area contributed by atoms with Crippen LogP contribution in [-0.4, -0.2) is 12.1 Å². The van der Waals surface area contributed by atoms with Gasteiger partial charge in [-0.3, -0.25) is 0 Å². The molecule has 0 fully saturated rings. The van der Waals surface area contributed by atoms with Gasteiger partial charge in [-0.05, 0) is 33.8 Å². The van der Waals surface area contributed by atoms with Crippen molar-refractivity contribution in [1.82, 2.24) is 5.32 Å². The quantitative estimate of drug-likeness (QED) is 0.507. The SMILES string of the molecule is C=C(NCCCCC)OC(C)(C)C. The van der Waals surface area contributed by atoms with Gasteiger partial charge in [-0.2, -0.15) is 0 Å². The Morgan fingerprint density at radius 2 is 1.92 bits per heavy atom. The van der Waals surface area contributed by atoms with Crippen LogP contribution in [0.2, 0.25) is 0 Å². The van der Waals surface area contributed by atoms with E-state index in [-0.39, 0.29) is 5.60 Å². The van der Waals surface area contributed by atoms with E-state index < -0.39 is 0 Å². The summed E-state index contributed by atoms with van der Waals surface area (Å²) in [6.45, 7) is 13.0. The molecule has 0 heterocycles. The number of hydrogen-bond donors (Lipinski definition) is 1. The Balaban J connectivity index is 3.41. The second-order valence-electron chi connectivity index (χ2n) is 4.27. The Bertz CT molecular complexity index is 147. The number of unbranched alkanes of at least 4 members (excludes halogenated alkanes) is 2. The van der Waals surface area contributed by atoms with E-state index in [4.69, 9.17) is 4.74 Å². The molecule has 0 saturated heterocycles. The summed E-state index contributed by atoms with van der Waals surface area (Å²) in [5, 5.41) is 3.16. The Morgan fingerprint density at radius 1 is 1.31 bits per heavy atom. The largest absolute Gasteiger partial charge is 0.474 e. The first kappa shape index (κ1) is 12.3. The van der Waals surface area contributed by atoms with Gasteiger partial charge in [-0.1, -0.05) is 19.8 Å². The molecule has 0 aliphatic carbocycles. The lowest BCUT2D eigenvalue weighted by Gasteiger charge is -2.23. The molecule has 0 aromatic rings. The summed E-state index contributed by atoms with van der Waals surface area (Å²) in [4.78, 5) is 0. The maximum Gasteiger partial charge on any atom is 0.179 e. The van der Waals surface area contributed by atoms with Crippen LogP contribution in [0.4, 0.5) is 0 Å². The lowest BCUT2D eigenvalue weighted by molar-refractivity contribution is 0.0415. The molecule has 0 unspecified atom stereocenters. The predicted molar refractivity (Wildman–Crippen MR) is 57.5 cm³/mol. The van der Waals surface area contributed by atoms with Crippen LogP contribution < -0.4 is 5.32 Å². The average molecular weight is 185 g/mol. The van der Waals surface area contributed by atoms with Gasteiger partial charge in [-0.15, -0.1) is 0 Å². The van der Waals surface area contributed by atoms with Crippen molar-refractivity contribution in [3.05, 3.63) is 12.5 Å². The van der Waals surface area contributed by atoms with E-state index in [1.807, 2.05) is 20.8 Å². The van der Waals surface area contributed by atoms with E-state index in [1.165, 1.54) is 19.3 Å². The Labute approximate surface area is 82.4 Å². The van der Waals surface area contributed by atoms with E-state index in [0.717, 1.165) is 6.54 Å². The van der Waals surface area contributed by atoms with Gasteiger partial charge in [0.15, 0.2) is 5.88 Å². The van der Waals surface area contributed by atoms with E-state index in [0.29, 0.717) is 5.88 Å². The fourth-order valence-electron chi connectivity index (χ4n) is 1.01. The Hall–Kier alpha value is -0.660. The monoisotopic (exact) mass is 185 g/mol. The van der Waals surface area contributed by atoms with Crippen molar-refractivity contribution in [1.29, 1.82) is 0 Å². The third kappa shape index (κ3) is 9.25. The number of rotatable bonds is 6. The maximum absolute atomic E-state index is 5.51. The third-order valence-corrected chi connectivity index (χ3v) is 1.53. The zero-order valence-electron chi connectivity index (χ0n) is 9.44. The van der Waals surface area contributed by atoms with Crippen LogP contribution in [0.1, 0.15) is 47.0 Å². The Morgan fingerprint density at radius 3 is 2.38 bits per heavy atom. The zero-order chi connectivity index (χ0) is 10.3. The van der Waals surface area contributed by atoms with Crippen LogP contribution in [0.25, 0.3) is 0 Å². The summed E-state index contributed by atoms with van der Waals surface area (Å²) < 4.78 is 5.51. The van der Waals surface area contributed by atoms with Crippen LogP contribution in [0.5, 0.6) is 0 Å². The minimum atomic E-state index is -0.144. The van der Waals surface area contributed by atoms with E-state index >= 15 is 0 Å². The van der Waals surface area contributed by atoms with Crippen molar-refractivity contribution in [3.63, 3.8) is 0 Å². The first-order valence-corrected chi connectivity index (χ1v) is 5.07. The molecule has 0 atom stereocenters. The molecule has 0 aromatic heterocycles. The summed E-state index contributed by atoms with van der Waals surface area (Å²) in [5.41, 5.74) is -0.144. The molecule has 13 heavy (non-hydrogen) atoms. The topological polar surface area (TPSA) is 21.3 Å². The molecule has 2 heteroatoms. The highest BCUT2D eigenvalue weighted by Crippen LogP contribution is 2.10. The van der Waals surface area contributed by atoms with Crippen LogP contribution >= 0.6 is 0 Å². The number of ether oxygens (including phenoxy) is 1. The van der Waals surface area contributed by atoms with Crippen LogP contribution in [-0.2, 0) is 4.74 Å². The van der Waals surface area contributed by atoms with E-state index in [9.17, 15) is 0 Å². The molecule has 78 valence electrons. The summed E-state index contributed by atoms with van der Waals surface area (Å²) in [6, 6.07) is 0. The van der Waals surface area contributed by atoms with Crippen LogP contribution in [0, 0.1) is 0 Å². The molecular formula is C11H23NO. The second kappa shape index (κ2) is 5.90. The zero-order valence-corrected chi connectivity index (χ0v) is 9.44. The lowest BCUT2D eigenvalue weighted by atomic mass is 10.2. The number of nitrogens with one attached hydrogen (secondary N) is 1. The summed E-state index contributed by atoms with van der Waals surface area (Å²) in [5.74, 6) is 0.684. The molecule has 2 nitrogen and oxygen atoms in total. The van der Waals surface area contributed by atoms with Crippen molar-refractivity contribution >= 4 is 0 Å². The molecule has 0 spiro atoms. The highest BCUT2D eigenvalue weighted by molar-refractivity contribution is 4.82. The molecule has 0 saturated carbocycles. The second-order valence-corrected chi connectivity index (χ2v) is 4.27. The van der Waals surface area contributed by atoms with Crippen molar-refractivity contribution in [2.45, 2.75) is 52.6 Å². The fourth-order valence-corrected chi connectivity index (χ4v) is 1.01. The molecule has 0 aliphatic rings. The van der Waals surface area contributed by atoms with Crippen molar-refractivity contribution in [2.24, 2.45) is 0 Å². The van der Waals surface area contributed by atoms with Crippen LogP contribution in [0.3, 0.4) is 0 Å². The first-order chi connectivity index (χ1) is 5.95. The predicted octanol–water partition coefficient (Wildman–Crippen LogP) is 3.05. The van der Waals surface area contributed by atoms with Crippen LogP contribution in [0.15, 0.2) is 12.5 Å². The molecule has 0 aromatic carbocycles. The molecule has 0 radical (unpaired) electrons. The van der Waals surface area contributed by atoms with Gasteiger partial charge in [0, 0.05) is 6.54 Å². The van der Waals surface area contributed by atoms with E-state index in [1.54, 1.807) is 0 Å². The molecule has 0 amide bonds. The van der Waals surface area contributed by atoms with Gasteiger partial charge in [0.2, 0.25) is 0 Å². The van der Waals surface area contributed by atoms with E-state index in [2.05, 4.69) is 18.8 Å². The Kier molecular flexibility index (Phi) is 5.60. The average Bonchev–Trinajstić information content (AvgIpc) is 1.94. The molecule has 1 N–H and O–H groups in total. The van der Waals surface area contributed by atoms with Gasteiger partial charge in [0.05, 0.1) is 0 Å². The molecule has 0 rings (SSSR count). The van der Waals surface area contributed by atoms with Gasteiger partial charge in [-0.25, -0.2) is 0 Å². The lowest BCUT2D eigenvalue weighted by Crippen LogP contribution is -2.25. The van der Waals surface area contributed by atoms with Gasteiger partial charge in [0.1, 0.15) is 5.60 Å². The maximum atomic E-state index is 5.51. The minimum absolute atomic E-state index is 0.144. The summed E-state index contributed by atoms with van der Waals surface area (Å²) in [6.07, 6.45) is 3.69. The molecular weight excluding hydrogens is 162 g/mol. The molecule has 0 aliphatic heterocycles. The van der Waals surface area contributed by atoms with Crippen molar-refractivity contribution in [3.8, 4) is 0 Å². The van der Waals surface area contributed by atoms with Crippen molar-refractivity contribution in [2.75, 3.05) is 6.54 Å². The summed E-state index contributed by atoms with van der Waals surface area (Å²) in [7, 11) is 0. The minimum Gasteiger partial charge on any atom is -0.474 e. The van der Waals surface area contributed by atoms with Gasteiger partial charge in [0.25, 0.3) is 0 Å². The first-order valence-electron chi connectivity index (χ1n) is 5.07. The van der Waals surface area contributed by atoms with Gasteiger partial charge < -0.3 is 10.1 Å². The standard InChI is InChI=1S/C11H23NO/c1-6-7-8-9-12-10(2)13-11(3,4)5/h12H,2,6-9H2,1,3-5H3. The highest BCUT2D eigenvalue weighted by atomic mass is 16.5. The van der Waals surface area contributed by atoms with Gasteiger partial charge >= 0.3 is 0 Å².